The van der Waals surface area contributed by atoms with Crippen LogP contribution in [0.25, 0.3) is 11.0 Å². The quantitative estimate of drug-likeness (QED) is 0.512. The fraction of sp³-hybridized carbons (Fsp3) is 0.550. The molecule has 3 rings (SSSR count). The maximum absolute atomic E-state index is 12.7. The van der Waals surface area contributed by atoms with Crippen molar-refractivity contribution in [2.24, 2.45) is 5.73 Å². The number of benzene rings is 1. The Morgan fingerprint density at radius 3 is 2.76 bits per heavy atom. The molecule has 1 aliphatic heterocycles. The highest BCUT2D eigenvalue weighted by Gasteiger charge is 2.26. The molecule has 0 spiro atoms. The Labute approximate surface area is 176 Å². The van der Waals surface area contributed by atoms with Gasteiger partial charge in [0, 0.05) is 38.5 Å². The van der Waals surface area contributed by atoms with E-state index in [9.17, 15) is 14.4 Å². The molecule has 1 atom stereocenters. The van der Waals surface area contributed by atoms with Gasteiger partial charge in [0.25, 0.3) is 0 Å². The third-order valence-corrected chi connectivity index (χ3v) is 5.29. The van der Waals surface area contributed by atoms with Crippen LogP contribution in [0.4, 0.5) is 0 Å². The Morgan fingerprint density at radius 2 is 1.97 bits per heavy atom. The first-order valence-electron chi connectivity index (χ1n) is 10.0. The number of carbonyl (C=O) groups excluding carboxylic acids is 2. The fourth-order valence-electron chi connectivity index (χ4n) is 3.81. The third kappa shape index (κ3) is 6.33. The van der Waals surface area contributed by atoms with E-state index < -0.39 is 0 Å². The van der Waals surface area contributed by atoms with Crippen molar-refractivity contribution in [2.75, 3.05) is 19.6 Å². The van der Waals surface area contributed by atoms with Crippen molar-refractivity contribution in [3.63, 3.8) is 0 Å². The van der Waals surface area contributed by atoms with Crippen LogP contribution in [0.15, 0.2) is 23.0 Å². The molecular weight excluding hydrogens is 394 g/mol. The van der Waals surface area contributed by atoms with Crippen molar-refractivity contribution >= 4 is 35.3 Å². The van der Waals surface area contributed by atoms with Gasteiger partial charge in [-0.3, -0.25) is 9.59 Å². The van der Waals surface area contributed by atoms with E-state index in [0.717, 1.165) is 55.2 Å². The molecule has 5 N–H and O–H groups in total. The minimum absolute atomic E-state index is 0. The van der Waals surface area contributed by atoms with Crippen molar-refractivity contribution in [2.45, 2.75) is 51.0 Å². The SMILES string of the molecule is Cl.NCCC(=O)NCC1CCCCN1C(=O)CCCc1ccc2[nH]c(=O)[nH]c2c1. The van der Waals surface area contributed by atoms with Gasteiger partial charge in [0.15, 0.2) is 0 Å². The Kier molecular flexibility index (Phi) is 8.72. The van der Waals surface area contributed by atoms with E-state index in [1.54, 1.807) is 0 Å². The zero-order valence-electron chi connectivity index (χ0n) is 16.5. The number of aromatic nitrogens is 2. The molecular formula is C20H30ClN5O3. The van der Waals surface area contributed by atoms with E-state index in [2.05, 4.69) is 15.3 Å². The molecule has 1 aromatic heterocycles. The lowest BCUT2D eigenvalue weighted by atomic mass is 10.0. The molecule has 9 heteroatoms. The van der Waals surface area contributed by atoms with Crippen molar-refractivity contribution in [1.82, 2.24) is 20.2 Å². The number of H-pyrrole nitrogens is 2. The van der Waals surface area contributed by atoms with Crippen LogP contribution in [-0.4, -0.2) is 52.4 Å². The maximum Gasteiger partial charge on any atom is 0.323 e. The molecule has 1 unspecified atom stereocenters. The minimum atomic E-state index is -0.211. The van der Waals surface area contributed by atoms with Crippen LogP contribution in [0, 0.1) is 0 Å². The van der Waals surface area contributed by atoms with Crippen LogP contribution in [-0.2, 0) is 16.0 Å². The van der Waals surface area contributed by atoms with Gasteiger partial charge in [0.05, 0.1) is 11.0 Å². The maximum atomic E-state index is 12.7. The highest BCUT2D eigenvalue weighted by atomic mass is 35.5. The number of hydrogen-bond donors (Lipinski definition) is 4. The van der Waals surface area contributed by atoms with Gasteiger partial charge in [-0.2, -0.15) is 0 Å². The molecule has 8 nitrogen and oxygen atoms in total. The molecule has 29 heavy (non-hydrogen) atoms. The number of hydrogen-bond acceptors (Lipinski definition) is 4. The third-order valence-electron chi connectivity index (χ3n) is 5.29. The van der Waals surface area contributed by atoms with Crippen LogP contribution < -0.4 is 16.7 Å². The van der Waals surface area contributed by atoms with Crippen molar-refractivity contribution in [1.29, 1.82) is 0 Å². The molecule has 0 aliphatic carbocycles. The van der Waals surface area contributed by atoms with E-state index >= 15 is 0 Å². The van der Waals surface area contributed by atoms with Gasteiger partial charge in [0.1, 0.15) is 0 Å². The van der Waals surface area contributed by atoms with Gasteiger partial charge >= 0.3 is 5.69 Å². The number of nitrogens with one attached hydrogen (secondary N) is 3. The molecule has 1 fully saturated rings. The van der Waals surface area contributed by atoms with E-state index in [1.807, 2.05) is 23.1 Å². The first kappa shape index (κ1) is 23.0. The molecule has 160 valence electrons. The van der Waals surface area contributed by atoms with Crippen LogP contribution >= 0.6 is 12.4 Å². The number of nitrogens with zero attached hydrogens (tertiary/aromatic N) is 1. The lowest BCUT2D eigenvalue weighted by molar-refractivity contribution is -0.135. The number of likely N-dealkylation sites (tertiary alicyclic amines) is 1. The zero-order chi connectivity index (χ0) is 19.9. The second-order valence-corrected chi connectivity index (χ2v) is 7.39. The standard InChI is InChI=1S/C20H29N5O3.ClH/c21-10-9-18(26)22-13-15-5-1-2-11-25(15)19(27)6-3-4-14-7-8-16-17(12-14)24-20(28)23-16;/h7-8,12,15H,1-6,9-11,13,21H2,(H,22,26)(H2,23,24,28);1H. The Balaban J connectivity index is 0.00000300. The monoisotopic (exact) mass is 423 g/mol. The number of amides is 2. The average molecular weight is 424 g/mol. The lowest BCUT2D eigenvalue weighted by Crippen LogP contribution is -2.49. The number of imidazole rings is 1. The van der Waals surface area contributed by atoms with Crippen molar-refractivity contribution in [3.05, 3.63) is 34.2 Å². The number of fused-ring (bicyclic) bond motifs is 1. The summed E-state index contributed by atoms with van der Waals surface area (Å²) in [5, 5.41) is 2.89. The normalized spacial score (nSPS) is 16.4. The zero-order valence-corrected chi connectivity index (χ0v) is 17.4. The second-order valence-electron chi connectivity index (χ2n) is 7.39. The predicted octanol–water partition coefficient (Wildman–Crippen LogP) is 1.45. The largest absolute Gasteiger partial charge is 0.354 e. The Hall–Kier alpha value is -2.32. The summed E-state index contributed by atoms with van der Waals surface area (Å²) in [5.41, 5.74) is 7.87. The predicted molar refractivity (Wildman–Crippen MR) is 115 cm³/mol. The molecule has 1 aliphatic rings. The van der Waals surface area contributed by atoms with E-state index in [-0.39, 0.29) is 36.0 Å². The van der Waals surface area contributed by atoms with Crippen LogP contribution in [0.2, 0.25) is 0 Å². The number of aromatic amines is 2. The van der Waals surface area contributed by atoms with Crippen molar-refractivity contribution < 1.29 is 9.59 Å². The number of carbonyl (C=O) groups is 2. The summed E-state index contributed by atoms with van der Waals surface area (Å²) in [5.74, 6) is 0.0903. The molecule has 0 bridgehead atoms. The molecule has 1 aromatic carbocycles. The minimum Gasteiger partial charge on any atom is -0.354 e. The van der Waals surface area contributed by atoms with Crippen LogP contribution in [0.5, 0.6) is 0 Å². The van der Waals surface area contributed by atoms with Gasteiger partial charge in [-0.25, -0.2) is 4.79 Å². The number of piperidine rings is 1. The summed E-state index contributed by atoms with van der Waals surface area (Å²) in [4.78, 5) is 43.2. The molecule has 2 heterocycles. The van der Waals surface area contributed by atoms with Gasteiger partial charge in [0.2, 0.25) is 11.8 Å². The van der Waals surface area contributed by atoms with E-state index in [4.69, 9.17) is 5.73 Å². The van der Waals surface area contributed by atoms with Crippen LogP contribution in [0.3, 0.4) is 0 Å². The average Bonchev–Trinajstić information content (AvgIpc) is 3.06. The smallest absolute Gasteiger partial charge is 0.323 e. The molecule has 0 radical (unpaired) electrons. The highest BCUT2D eigenvalue weighted by molar-refractivity contribution is 5.85. The number of aryl methyl sites for hydroxylation is 1. The summed E-state index contributed by atoms with van der Waals surface area (Å²) in [6, 6.07) is 5.89. The summed E-state index contributed by atoms with van der Waals surface area (Å²) in [6.07, 6.45) is 5.34. The molecule has 2 amide bonds. The number of halogens is 1. The Morgan fingerprint density at radius 1 is 1.17 bits per heavy atom. The highest BCUT2D eigenvalue weighted by Crippen LogP contribution is 2.19. The number of rotatable bonds is 8. The number of nitrogens with two attached hydrogens (primary N) is 1. The van der Waals surface area contributed by atoms with E-state index in [1.165, 1.54) is 0 Å². The van der Waals surface area contributed by atoms with Gasteiger partial charge in [-0.15, -0.1) is 12.4 Å². The summed E-state index contributed by atoms with van der Waals surface area (Å²) < 4.78 is 0. The molecule has 2 aromatic rings. The van der Waals surface area contributed by atoms with Gasteiger partial charge < -0.3 is 25.9 Å². The molecule has 0 saturated carbocycles. The molecule has 1 saturated heterocycles. The first-order valence-corrected chi connectivity index (χ1v) is 10.0. The summed E-state index contributed by atoms with van der Waals surface area (Å²) in [6.45, 7) is 1.59. The fourth-order valence-corrected chi connectivity index (χ4v) is 3.81. The lowest BCUT2D eigenvalue weighted by Gasteiger charge is -2.36. The topological polar surface area (TPSA) is 124 Å². The summed E-state index contributed by atoms with van der Waals surface area (Å²) >= 11 is 0. The van der Waals surface area contributed by atoms with E-state index in [0.29, 0.717) is 25.9 Å². The Bertz CT molecular complexity index is 878. The van der Waals surface area contributed by atoms with Crippen LogP contribution in [0.1, 0.15) is 44.1 Å². The van der Waals surface area contributed by atoms with Gasteiger partial charge in [-0.05, 0) is 49.8 Å². The summed E-state index contributed by atoms with van der Waals surface area (Å²) in [7, 11) is 0. The van der Waals surface area contributed by atoms with Gasteiger partial charge in [-0.1, -0.05) is 6.07 Å². The first-order chi connectivity index (χ1) is 13.6. The second kappa shape index (κ2) is 11.0. The van der Waals surface area contributed by atoms with Crippen molar-refractivity contribution in [3.8, 4) is 0 Å².